The summed E-state index contributed by atoms with van der Waals surface area (Å²) in [6.45, 7) is 10.3. The maximum atomic E-state index is 12.6. The lowest BCUT2D eigenvalue weighted by atomic mass is 9.86. The van der Waals surface area contributed by atoms with Crippen LogP contribution in [0.2, 0.25) is 0 Å². The van der Waals surface area contributed by atoms with Gasteiger partial charge in [-0.1, -0.05) is 39.3 Å². The van der Waals surface area contributed by atoms with E-state index in [1.54, 1.807) is 24.3 Å². The number of Topliss-reactive ketones (excluding diaryl/α,β-unsaturated/α-hetero) is 1. The second kappa shape index (κ2) is 8.72. The number of amides is 1. The third kappa shape index (κ3) is 5.63. The maximum Gasteiger partial charge on any atom is 0.251 e. The fraction of sp³-hybridized carbons (Fsp3) is 0.579. The van der Waals surface area contributed by atoms with Gasteiger partial charge in [0, 0.05) is 23.1 Å². The lowest BCUT2D eigenvalue weighted by Gasteiger charge is -2.17. The molecule has 0 fully saturated rings. The SMILES string of the molecule is CCCC(CC(C)C)C(=O)c1ccc(C(=O)NC(C)C)cc1. The van der Waals surface area contributed by atoms with E-state index >= 15 is 0 Å². The van der Waals surface area contributed by atoms with Crippen molar-refractivity contribution in [3.8, 4) is 0 Å². The highest BCUT2D eigenvalue weighted by Gasteiger charge is 2.20. The van der Waals surface area contributed by atoms with E-state index in [4.69, 9.17) is 0 Å². The van der Waals surface area contributed by atoms with Gasteiger partial charge in [-0.05, 0) is 44.7 Å². The minimum Gasteiger partial charge on any atom is -0.350 e. The Labute approximate surface area is 134 Å². The lowest BCUT2D eigenvalue weighted by Crippen LogP contribution is -2.30. The van der Waals surface area contributed by atoms with Crippen LogP contribution in [0, 0.1) is 11.8 Å². The van der Waals surface area contributed by atoms with Crippen LogP contribution in [0.15, 0.2) is 24.3 Å². The first-order chi connectivity index (χ1) is 10.3. The second-order valence-corrected chi connectivity index (χ2v) is 6.68. The van der Waals surface area contributed by atoms with E-state index in [1.807, 2.05) is 13.8 Å². The van der Waals surface area contributed by atoms with Crippen LogP contribution in [0.25, 0.3) is 0 Å². The fourth-order valence-electron chi connectivity index (χ4n) is 2.64. The number of hydrogen-bond acceptors (Lipinski definition) is 2. The van der Waals surface area contributed by atoms with Gasteiger partial charge >= 0.3 is 0 Å². The first-order valence-electron chi connectivity index (χ1n) is 8.30. The molecule has 0 bridgehead atoms. The average molecular weight is 303 g/mol. The molecule has 0 saturated carbocycles. The summed E-state index contributed by atoms with van der Waals surface area (Å²) in [7, 11) is 0. The number of carbonyl (C=O) groups is 2. The highest BCUT2D eigenvalue weighted by atomic mass is 16.1. The second-order valence-electron chi connectivity index (χ2n) is 6.68. The molecule has 1 atom stereocenters. The topological polar surface area (TPSA) is 46.2 Å². The van der Waals surface area contributed by atoms with E-state index in [0.29, 0.717) is 17.0 Å². The van der Waals surface area contributed by atoms with Crippen LogP contribution >= 0.6 is 0 Å². The van der Waals surface area contributed by atoms with E-state index in [9.17, 15) is 9.59 Å². The predicted molar refractivity (Wildman–Crippen MR) is 91.2 cm³/mol. The Morgan fingerprint density at radius 2 is 1.55 bits per heavy atom. The molecule has 0 radical (unpaired) electrons. The predicted octanol–water partition coefficient (Wildman–Crippen LogP) is 4.47. The molecule has 0 aromatic heterocycles. The summed E-state index contributed by atoms with van der Waals surface area (Å²) in [5.41, 5.74) is 1.31. The summed E-state index contributed by atoms with van der Waals surface area (Å²) in [6, 6.07) is 7.14. The molecule has 1 aromatic rings. The van der Waals surface area contributed by atoms with Crippen LogP contribution in [-0.2, 0) is 0 Å². The molecule has 3 nitrogen and oxygen atoms in total. The van der Waals surface area contributed by atoms with Gasteiger partial charge in [0.2, 0.25) is 0 Å². The maximum absolute atomic E-state index is 12.6. The van der Waals surface area contributed by atoms with E-state index in [0.717, 1.165) is 19.3 Å². The van der Waals surface area contributed by atoms with E-state index in [2.05, 4.69) is 26.1 Å². The van der Waals surface area contributed by atoms with E-state index < -0.39 is 0 Å². The van der Waals surface area contributed by atoms with Crippen LogP contribution in [0.4, 0.5) is 0 Å². The van der Waals surface area contributed by atoms with Crippen LogP contribution in [0.1, 0.15) is 74.6 Å². The number of benzene rings is 1. The molecule has 0 aliphatic heterocycles. The third-order valence-electron chi connectivity index (χ3n) is 3.62. The fourth-order valence-corrected chi connectivity index (χ4v) is 2.64. The molecule has 1 N–H and O–H groups in total. The monoisotopic (exact) mass is 303 g/mol. The van der Waals surface area contributed by atoms with Gasteiger partial charge in [0.05, 0.1) is 0 Å². The number of nitrogens with one attached hydrogen (secondary N) is 1. The highest BCUT2D eigenvalue weighted by Crippen LogP contribution is 2.22. The first kappa shape index (κ1) is 18.4. The Morgan fingerprint density at radius 3 is 2.00 bits per heavy atom. The van der Waals surface area contributed by atoms with Crippen LogP contribution in [-0.4, -0.2) is 17.7 Å². The molecule has 3 heteroatoms. The van der Waals surface area contributed by atoms with Crippen molar-refractivity contribution in [1.29, 1.82) is 0 Å². The van der Waals surface area contributed by atoms with Gasteiger partial charge < -0.3 is 5.32 Å². The summed E-state index contributed by atoms with van der Waals surface area (Å²) in [5.74, 6) is 0.699. The molecule has 0 saturated heterocycles. The zero-order valence-corrected chi connectivity index (χ0v) is 14.5. The minimum absolute atomic E-state index is 0.0836. The van der Waals surface area contributed by atoms with Crippen LogP contribution in [0.3, 0.4) is 0 Å². The molecular weight excluding hydrogens is 274 g/mol. The summed E-state index contributed by atoms with van der Waals surface area (Å²) in [4.78, 5) is 24.6. The molecule has 1 unspecified atom stereocenters. The number of carbonyl (C=O) groups excluding carboxylic acids is 2. The summed E-state index contributed by atoms with van der Waals surface area (Å²) in [6.07, 6.45) is 2.85. The summed E-state index contributed by atoms with van der Waals surface area (Å²) < 4.78 is 0. The smallest absolute Gasteiger partial charge is 0.251 e. The average Bonchev–Trinajstić information content (AvgIpc) is 2.45. The molecule has 0 aliphatic carbocycles. The van der Waals surface area contributed by atoms with Gasteiger partial charge in [-0.2, -0.15) is 0 Å². The number of hydrogen-bond donors (Lipinski definition) is 1. The van der Waals surface area contributed by atoms with Crippen molar-refractivity contribution in [2.45, 2.75) is 59.9 Å². The molecule has 1 amide bonds. The minimum atomic E-state index is -0.0960. The molecule has 0 spiro atoms. The van der Waals surface area contributed by atoms with Crippen molar-refractivity contribution in [2.75, 3.05) is 0 Å². The van der Waals surface area contributed by atoms with Crippen LogP contribution < -0.4 is 5.32 Å². The Morgan fingerprint density at radius 1 is 1.00 bits per heavy atom. The number of ketones is 1. The normalized spacial score (nSPS) is 12.5. The van der Waals surface area contributed by atoms with Gasteiger partial charge in [-0.25, -0.2) is 0 Å². The first-order valence-corrected chi connectivity index (χ1v) is 8.30. The molecule has 122 valence electrons. The van der Waals surface area contributed by atoms with E-state index in [-0.39, 0.29) is 23.7 Å². The van der Waals surface area contributed by atoms with Crippen molar-refractivity contribution >= 4 is 11.7 Å². The Bertz CT molecular complexity index is 489. The summed E-state index contributed by atoms with van der Waals surface area (Å²) >= 11 is 0. The molecular formula is C19H29NO2. The zero-order valence-electron chi connectivity index (χ0n) is 14.5. The Balaban J connectivity index is 2.83. The van der Waals surface area contributed by atoms with Crippen molar-refractivity contribution in [2.24, 2.45) is 11.8 Å². The van der Waals surface area contributed by atoms with Gasteiger partial charge in [-0.3, -0.25) is 9.59 Å². The van der Waals surface area contributed by atoms with Crippen molar-refractivity contribution in [3.05, 3.63) is 35.4 Å². The molecule has 1 rings (SSSR count). The van der Waals surface area contributed by atoms with E-state index in [1.165, 1.54) is 0 Å². The van der Waals surface area contributed by atoms with Gasteiger partial charge in [0.15, 0.2) is 5.78 Å². The van der Waals surface area contributed by atoms with Gasteiger partial charge in [0.25, 0.3) is 5.91 Å². The van der Waals surface area contributed by atoms with Crippen molar-refractivity contribution in [3.63, 3.8) is 0 Å². The number of rotatable bonds is 8. The molecule has 0 heterocycles. The quantitative estimate of drug-likeness (QED) is 0.720. The van der Waals surface area contributed by atoms with Gasteiger partial charge in [-0.15, -0.1) is 0 Å². The third-order valence-corrected chi connectivity index (χ3v) is 3.62. The van der Waals surface area contributed by atoms with Gasteiger partial charge in [0.1, 0.15) is 0 Å². The zero-order chi connectivity index (χ0) is 16.7. The molecule has 22 heavy (non-hydrogen) atoms. The Hall–Kier alpha value is -1.64. The molecule has 0 aliphatic rings. The molecule has 1 aromatic carbocycles. The Kier molecular flexibility index (Phi) is 7.30. The van der Waals surface area contributed by atoms with Crippen LogP contribution in [0.5, 0.6) is 0 Å². The lowest BCUT2D eigenvalue weighted by molar-refractivity contribution is 0.0892. The van der Waals surface area contributed by atoms with Crippen molar-refractivity contribution in [1.82, 2.24) is 5.32 Å². The van der Waals surface area contributed by atoms with Crippen molar-refractivity contribution < 1.29 is 9.59 Å². The largest absolute Gasteiger partial charge is 0.350 e. The summed E-state index contributed by atoms with van der Waals surface area (Å²) in [5, 5.41) is 2.85. The highest BCUT2D eigenvalue weighted by molar-refractivity contribution is 6.00. The standard InChI is InChI=1S/C19H29NO2/c1-6-7-17(12-13(2)3)18(21)15-8-10-16(11-9-15)19(22)20-14(4)5/h8-11,13-14,17H,6-7,12H2,1-5H3,(H,20,22).